The molecular weight excluding hydrogens is 375 g/mol. The van der Waals surface area contributed by atoms with E-state index in [0.29, 0.717) is 44.9 Å². The maximum atomic E-state index is 14.0. The van der Waals surface area contributed by atoms with E-state index in [1.165, 1.54) is 10.5 Å². The first-order valence-electron chi connectivity index (χ1n) is 10.5. The number of piperidine rings is 1. The lowest BCUT2D eigenvalue weighted by Crippen LogP contribution is -2.63. The summed E-state index contributed by atoms with van der Waals surface area (Å²) in [5.74, 6) is 0.172. The number of carbonyl (C=O) groups is 1. The zero-order valence-electron chi connectivity index (χ0n) is 16.5. The molecule has 7 heteroatoms. The monoisotopic (exact) mass is 402 g/mol. The molecule has 1 spiro atoms. The molecule has 0 unspecified atom stereocenters. The van der Waals surface area contributed by atoms with Gasteiger partial charge < -0.3 is 19.5 Å². The summed E-state index contributed by atoms with van der Waals surface area (Å²) in [6, 6.07) is 5.50. The first kappa shape index (κ1) is 19.0. The van der Waals surface area contributed by atoms with Crippen LogP contribution >= 0.6 is 0 Å². The third-order valence-corrected chi connectivity index (χ3v) is 6.97. The second-order valence-corrected chi connectivity index (χ2v) is 8.78. The summed E-state index contributed by atoms with van der Waals surface area (Å²) in [4.78, 5) is 14.9. The maximum Gasteiger partial charge on any atom is 0.407 e. The van der Waals surface area contributed by atoms with Crippen molar-refractivity contribution in [3.05, 3.63) is 41.2 Å². The highest BCUT2D eigenvalue weighted by Gasteiger charge is 2.52. The van der Waals surface area contributed by atoms with Gasteiger partial charge in [-0.1, -0.05) is 12.1 Å². The van der Waals surface area contributed by atoms with E-state index >= 15 is 0 Å². The Hall–Kier alpha value is -1.96. The molecule has 1 N–H and O–H groups in total. The van der Waals surface area contributed by atoms with Crippen LogP contribution in [0.2, 0.25) is 0 Å². The van der Waals surface area contributed by atoms with Crippen molar-refractivity contribution in [3.63, 3.8) is 0 Å². The van der Waals surface area contributed by atoms with Crippen LogP contribution in [0.15, 0.2) is 24.3 Å². The van der Waals surface area contributed by atoms with Crippen LogP contribution in [0.25, 0.3) is 5.57 Å². The van der Waals surface area contributed by atoms with E-state index in [0.717, 1.165) is 43.5 Å². The minimum Gasteiger partial charge on any atom is -0.465 e. The number of halogens is 1. The van der Waals surface area contributed by atoms with Crippen molar-refractivity contribution in [1.29, 1.82) is 0 Å². The van der Waals surface area contributed by atoms with E-state index in [1.807, 2.05) is 6.07 Å². The molecular formula is C22H27FN2O4. The highest BCUT2D eigenvalue weighted by Crippen LogP contribution is 2.40. The molecule has 3 saturated heterocycles. The van der Waals surface area contributed by atoms with Gasteiger partial charge in [0.15, 0.2) is 0 Å². The zero-order valence-corrected chi connectivity index (χ0v) is 16.5. The molecule has 1 atom stereocenters. The number of benzene rings is 1. The van der Waals surface area contributed by atoms with Crippen LogP contribution < -0.4 is 0 Å². The van der Waals surface area contributed by atoms with Gasteiger partial charge in [0, 0.05) is 6.04 Å². The molecule has 4 aliphatic heterocycles. The molecule has 1 aromatic rings. The lowest BCUT2D eigenvalue weighted by Gasteiger charge is -2.45. The highest BCUT2D eigenvalue weighted by molar-refractivity contribution is 5.71. The molecule has 0 aromatic heterocycles. The summed E-state index contributed by atoms with van der Waals surface area (Å²) < 4.78 is 25.5. The maximum absolute atomic E-state index is 14.0. The number of carboxylic acid groups (broad SMARTS) is 1. The highest BCUT2D eigenvalue weighted by atomic mass is 19.1. The quantitative estimate of drug-likeness (QED) is 0.842. The Morgan fingerprint density at radius 3 is 2.72 bits per heavy atom. The van der Waals surface area contributed by atoms with E-state index in [-0.39, 0.29) is 11.4 Å². The Morgan fingerprint density at radius 1 is 1.24 bits per heavy atom. The van der Waals surface area contributed by atoms with E-state index in [9.17, 15) is 9.18 Å². The van der Waals surface area contributed by atoms with Gasteiger partial charge in [0.1, 0.15) is 11.4 Å². The average molecular weight is 402 g/mol. The predicted molar refractivity (Wildman–Crippen MR) is 105 cm³/mol. The van der Waals surface area contributed by atoms with Crippen molar-refractivity contribution in [2.45, 2.75) is 36.8 Å². The normalized spacial score (nSPS) is 27.3. The number of amides is 1. The number of likely N-dealkylation sites (tertiary alicyclic amines) is 2. The second kappa shape index (κ2) is 7.38. The number of hydrogen-bond acceptors (Lipinski definition) is 4. The molecule has 4 aliphatic rings. The number of rotatable bonds is 3. The van der Waals surface area contributed by atoms with Gasteiger partial charge in [-0.3, -0.25) is 4.90 Å². The van der Waals surface area contributed by atoms with Crippen LogP contribution in [0.1, 0.15) is 36.3 Å². The summed E-state index contributed by atoms with van der Waals surface area (Å²) in [5, 5.41) is 9.07. The molecule has 0 saturated carbocycles. The predicted octanol–water partition coefficient (Wildman–Crippen LogP) is 2.94. The summed E-state index contributed by atoms with van der Waals surface area (Å²) in [6.45, 7) is 4.80. The molecule has 6 nitrogen and oxygen atoms in total. The second-order valence-electron chi connectivity index (χ2n) is 8.78. The lowest BCUT2D eigenvalue weighted by atomic mass is 9.83. The fourth-order valence-electron chi connectivity index (χ4n) is 5.37. The molecule has 0 aliphatic carbocycles. The first-order chi connectivity index (χ1) is 14.0. The van der Waals surface area contributed by atoms with Gasteiger partial charge in [-0.05, 0) is 67.1 Å². The third kappa shape index (κ3) is 3.56. The molecule has 1 amide bonds. The fraction of sp³-hybridized carbons (Fsp3) is 0.591. The van der Waals surface area contributed by atoms with Crippen LogP contribution in [0.5, 0.6) is 0 Å². The van der Waals surface area contributed by atoms with Crippen LogP contribution in [-0.2, 0) is 9.47 Å². The average Bonchev–Trinajstić information content (AvgIpc) is 3.37. The van der Waals surface area contributed by atoms with Crippen molar-refractivity contribution in [3.8, 4) is 0 Å². The van der Waals surface area contributed by atoms with E-state index < -0.39 is 6.09 Å². The largest absolute Gasteiger partial charge is 0.465 e. The standard InChI is InChI=1S/C22H27FN2O4/c23-17-1-2-19(16-5-8-28-11-16)20(9-17)15-3-6-24(7-4-15)18-10-22(29-12-18)13-25(14-22)21(26)27/h1-2,5,9,15,18H,3-4,6-8,10-14H2,(H,26,27)/t18-/m0/s1. The van der Waals surface area contributed by atoms with E-state index in [1.54, 1.807) is 12.1 Å². The van der Waals surface area contributed by atoms with E-state index in [2.05, 4.69) is 11.0 Å². The van der Waals surface area contributed by atoms with Crippen LogP contribution in [0, 0.1) is 5.82 Å². The van der Waals surface area contributed by atoms with Gasteiger partial charge in [0.25, 0.3) is 0 Å². The number of ether oxygens (including phenoxy) is 2. The van der Waals surface area contributed by atoms with Gasteiger partial charge in [-0.25, -0.2) is 9.18 Å². The summed E-state index contributed by atoms with van der Waals surface area (Å²) in [7, 11) is 0. The lowest BCUT2D eigenvalue weighted by molar-refractivity contribution is -0.0982. The Bertz CT molecular complexity index is 828. The van der Waals surface area contributed by atoms with Crippen LogP contribution in [0.3, 0.4) is 0 Å². The fourth-order valence-corrected chi connectivity index (χ4v) is 5.37. The van der Waals surface area contributed by atoms with Crippen molar-refractivity contribution < 1.29 is 23.8 Å². The van der Waals surface area contributed by atoms with Crippen molar-refractivity contribution in [2.75, 3.05) is 46.0 Å². The molecule has 3 fully saturated rings. The zero-order chi connectivity index (χ0) is 20.0. The topological polar surface area (TPSA) is 62.2 Å². The van der Waals surface area contributed by atoms with Crippen LogP contribution in [-0.4, -0.2) is 78.6 Å². The molecule has 0 radical (unpaired) electrons. The SMILES string of the molecule is O=C(O)N1CC2(C[C@H](N3CCC(c4cc(F)ccc4C4=CCOC4)CC3)CO2)C1. The molecule has 5 rings (SSSR count). The number of hydrogen-bond donors (Lipinski definition) is 1. The Morgan fingerprint density at radius 2 is 2.03 bits per heavy atom. The Kier molecular flexibility index (Phi) is 4.84. The Balaban J connectivity index is 1.22. The minimum atomic E-state index is -0.864. The molecule has 0 bridgehead atoms. The van der Waals surface area contributed by atoms with E-state index in [4.69, 9.17) is 14.6 Å². The summed E-state index contributed by atoms with van der Waals surface area (Å²) in [5.41, 5.74) is 3.14. The smallest absolute Gasteiger partial charge is 0.407 e. The van der Waals surface area contributed by atoms with Gasteiger partial charge in [0.05, 0.1) is 32.9 Å². The summed E-state index contributed by atoms with van der Waals surface area (Å²) >= 11 is 0. The summed E-state index contributed by atoms with van der Waals surface area (Å²) in [6.07, 6.45) is 4.12. The van der Waals surface area contributed by atoms with Gasteiger partial charge in [-0.2, -0.15) is 0 Å². The van der Waals surface area contributed by atoms with Gasteiger partial charge in [-0.15, -0.1) is 0 Å². The minimum absolute atomic E-state index is 0.176. The van der Waals surface area contributed by atoms with Crippen molar-refractivity contribution >= 4 is 11.7 Å². The van der Waals surface area contributed by atoms with Gasteiger partial charge in [0.2, 0.25) is 0 Å². The number of nitrogens with zero attached hydrogens (tertiary/aromatic N) is 2. The molecule has 4 heterocycles. The third-order valence-electron chi connectivity index (χ3n) is 6.97. The van der Waals surface area contributed by atoms with Crippen molar-refractivity contribution in [2.24, 2.45) is 0 Å². The Labute approximate surface area is 169 Å². The van der Waals surface area contributed by atoms with Crippen molar-refractivity contribution in [1.82, 2.24) is 9.80 Å². The molecule has 156 valence electrons. The molecule has 29 heavy (non-hydrogen) atoms. The van der Waals surface area contributed by atoms with Crippen LogP contribution in [0.4, 0.5) is 9.18 Å². The van der Waals surface area contributed by atoms with Gasteiger partial charge >= 0.3 is 6.09 Å². The molecule has 1 aromatic carbocycles. The first-order valence-corrected chi connectivity index (χ1v) is 10.5.